The highest BCUT2D eigenvalue weighted by Gasteiger charge is 2.17. The van der Waals surface area contributed by atoms with Crippen molar-refractivity contribution < 1.29 is 14.3 Å². The van der Waals surface area contributed by atoms with Crippen molar-refractivity contribution in [1.82, 2.24) is 14.7 Å². The summed E-state index contributed by atoms with van der Waals surface area (Å²) in [7, 11) is 0. The van der Waals surface area contributed by atoms with Crippen LogP contribution < -0.4 is 14.8 Å². The lowest BCUT2D eigenvalue weighted by atomic mass is 10.1. The van der Waals surface area contributed by atoms with E-state index in [9.17, 15) is 10.1 Å². The van der Waals surface area contributed by atoms with Crippen LogP contribution >= 0.6 is 11.9 Å². The lowest BCUT2D eigenvalue weighted by molar-refractivity contribution is -0.117. The maximum absolute atomic E-state index is 11.0. The largest absolute Gasteiger partial charge is 0.489 e. The third kappa shape index (κ3) is 6.22. The Morgan fingerprint density at radius 2 is 1.97 bits per heavy atom. The van der Waals surface area contributed by atoms with Gasteiger partial charge in [0.25, 0.3) is 0 Å². The van der Waals surface area contributed by atoms with Gasteiger partial charge in [0.2, 0.25) is 11.9 Å². The predicted molar refractivity (Wildman–Crippen MR) is 126 cm³/mol. The van der Waals surface area contributed by atoms with Gasteiger partial charge >= 0.3 is 0 Å². The molecule has 0 saturated carbocycles. The van der Waals surface area contributed by atoms with Crippen LogP contribution in [0, 0.1) is 11.3 Å². The number of benzene rings is 2. The SMILES string of the molecule is CC(=O)NSc1ccc(Nc2nccc(-c3ccc(OC4CCOCC4)c(C#N)c3)n2)cc1. The van der Waals surface area contributed by atoms with Gasteiger partial charge in [0, 0.05) is 42.1 Å². The smallest absolute Gasteiger partial charge is 0.227 e. The van der Waals surface area contributed by atoms with Gasteiger partial charge in [-0.25, -0.2) is 9.97 Å². The van der Waals surface area contributed by atoms with Crippen molar-refractivity contribution >= 4 is 29.5 Å². The number of ether oxygens (including phenoxy) is 2. The molecule has 2 aromatic carbocycles. The molecule has 1 aliphatic heterocycles. The molecular weight excluding hydrogens is 438 g/mol. The lowest BCUT2D eigenvalue weighted by Gasteiger charge is -2.23. The highest BCUT2D eigenvalue weighted by Crippen LogP contribution is 2.28. The Bertz CT molecular complexity index is 1160. The van der Waals surface area contributed by atoms with E-state index in [2.05, 4.69) is 26.1 Å². The molecule has 0 bridgehead atoms. The Balaban J connectivity index is 1.47. The van der Waals surface area contributed by atoms with Crippen LogP contribution in [0.3, 0.4) is 0 Å². The van der Waals surface area contributed by atoms with Gasteiger partial charge < -0.3 is 14.8 Å². The molecule has 0 aliphatic carbocycles. The minimum atomic E-state index is -0.102. The molecule has 3 aromatic rings. The van der Waals surface area contributed by atoms with E-state index in [1.54, 1.807) is 18.3 Å². The third-order valence-corrected chi connectivity index (χ3v) is 5.83. The molecule has 33 heavy (non-hydrogen) atoms. The number of nitrogens with one attached hydrogen (secondary N) is 2. The number of carbonyl (C=O) groups is 1. The van der Waals surface area contributed by atoms with Crippen LogP contribution in [0.5, 0.6) is 5.75 Å². The first-order chi connectivity index (χ1) is 16.1. The van der Waals surface area contributed by atoms with E-state index in [-0.39, 0.29) is 12.0 Å². The van der Waals surface area contributed by atoms with Gasteiger partial charge in [-0.1, -0.05) is 0 Å². The molecule has 1 fully saturated rings. The Morgan fingerprint density at radius 1 is 1.18 bits per heavy atom. The van der Waals surface area contributed by atoms with Crippen molar-refractivity contribution in [3.05, 3.63) is 60.3 Å². The Hall–Kier alpha value is -3.61. The van der Waals surface area contributed by atoms with Gasteiger partial charge in [-0.05, 0) is 60.5 Å². The van der Waals surface area contributed by atoms with Crippen LogP contribution in [-0.2, 0) is 9.53 Å². The molecule has 1 amide bonds. The molecule has 1 aromatic heterocycles. The van der Waals surface area contributed by atoms with Crippen molar-refractivity contribution in [3.63, 3.8) is 0 Å². The van der Waals surface area contributed by atoms with E-state index in [1.165, 1.54) is 18.9 Å². The number of hydrogen-bond acceptors (Lipinski definition) is 8. The van der Waals surface area contributed by atoms with Crippen molar-refractivity contribution in [2.75, 3.05) is 18.5 Å². The summed E-state index contributed by atoms with van der Waals surface area (Å²) in [6.45, 7) is 2.83. The molecule has 8 nitrogen and oxygen atoms in total. The molecule has 4 rings (SSSR count). The summed E-state index contributed by atoms with van der Waals surface area (Å²) in [5, 5.41) is 12.8. The second-order valence-electron chi connectivity index (χ2n) is 7.43. The molecule has 0 unspecified atom stereocenters. The Kier molecular flexibility index (Phi) is 7.40. The Labute approximate surface area is 196 Å². The normalized spacial score (nSPS) is 13.7. The first-order valence-corrected chi connectivity index (χ1v) is 11.3. The second-order valence-corrected chi connectivity index (χ2v) is 8.31. The third-order valence-electron chi connectivity index (χ3n) is 4.94. The fourth-order valence-electron chi connectivity index (χ4n) is 3.30. The zero-order chi connectivity index (χ0) is 23.0. The number of carbonyl (C=O) groups excluding carboxylic acids is 1. The fraction of sp³-hybridized carbons (Fsp3) is 0.250. The van der Waals surface area contributed by atoms with Crippen molar-refractivity contribution in [3.8, 4) is 23.1 Å². The average molecular weight is 462 g/mol. The standard InChI is InChI=1S/C24H23N5O3S/c1-16(30)29-33-21-5-3-19(4-6-21)27-24-26-11-8-22(28-24)17-2-7-23(18(14-17)15-25)32-20-9-12-31-13-10-20/h2-8,11,14,20H,9-10,12-13H2,1H3,(H,29,30)(H,26,27,28). The molecule has 2 N–H and O–H groups in total. The summed E-state index contributed by atoms with van der Waals surface area (Å²) < 4.78 is 14.1. The van der Waals surface area contributed by atoms with E-state index in [1.807, 2.05) is 36.4 Å². The maximum Gasteiger partial charge on any atom is 0.227 e. The van der Waals surface area contributed by atoms with Crippen LogP contribution in [0.25, 0.3) is 11.3 Å². The monoisotopic (exact) mass is 461 g/mol. The van der Waals surface area contributed by atoms with Crippen LogP contribution in [-0.4, -0.2) is 35.2 Å². The number of hydrogen-bond donors (Lipinski definition) is 2. The van der Waals surface area contributed by atoms with Gasteiger partial charge in [-0.2, -0.15) is 5.26 Å². The molecule has 2 heterocycles. The minimum Gasteiger partial charge on any atom is -0.489 e. The molecule has 0 atom stereocenters. The topological polar surface area (TPSA) is 109 Å². The summed E-state index contributed by atoms with van der Waals surface area (Å²) in [5.74, 6) is 0.920. The molecule has 9 heteroatoms. The van der Waals surface area contributed by atoms with Crippen molar-refractivity contribution in [1.29, 1.82) is 5.26 Å². The molecule has 168 valence electrons. The van der Waals surface area contributed by atoms with Crippen molar-refractivity contribution in [2.45, 2.75) is 30.8 Å². The molecule has 0 spiro atoms. The number of anilines is 2. The first-order valence-electron chi connectivity index (χ1n) is 10.5. The predicted octanol–water partition coefficient (Wildman–Crippen LogP) is 4.46. The fourth-order valence-corrected chi connectivity index (χ4v) is 3.83. The van der Waals surface area contributed by atoms with Crippen LogP contribution in [0.2, 0.25) is 0 Å². The molecule has 1 aliphatic rings. The quantitative estimate of drug-likeness (QED) is 0.497. The second kappa shape index (κ2) is 10.8. The van der Waals surface area contributed by atoms with Crippen molar-refractivity contribution in [2.24, 2.45) is 0 Å². The Morgan fingerprint density at radius 3 is 2.70 bits per heavy atom. The molecule has 0 radical (unpaired) electrons. The molecule has 1 saturated heterocycles. The maximum atomic E-state index is 11.0. The number of aromatic nitrogens is 2. The number of amides is 1. The summed E-state index contributed by atoms with van der Waals surface area (Å²) in [6.07, 6.45) is 3.38. The van der Waals surface area contributed by atoms with Crippen LogP contribution in [0.1, 0.15) is 25.3 Å². The van der Waals surface area contributed by atoms with E-state index in [4.69, 9.17) is 9.47 Å². The summed E-state index contributed by atoms with van der Waals surface area (Å²) in [5.41, 5.74) is 2.79. The van der Waals surface area contributed by atoms with Gasteiger partial charge in [-0.3, -0.25) is 9.52 Å². The number of nitriles is 1. The zero-order valence-electron chi connectivity index (χ0n) is 18.1. The highest BCUT2D eigenvalue weighted by molar-refractivity contribution is 7.98. The van der Waals surface area contributed by atoms with Gasteiger partial charge in [-0.15, -0.1) is 0 Å². The van der Waals surface area contributed by atoms with E-state index in [0.29, 0.717) is 36.2 Å². The van der Waals surface area contributed by atoms with Crippen LogP contribution in [0.15, 0.2) is 59.6 Å². The minimum absolute atomic E-state index is 0.0644. The van der Waals surface area contributed by atoms with E-state index < -0.39 is 0 Å². The number of nitrogens with zero attached hydrogens (tertiary/aromatic N) is 3. The summed E-state index contributed by atoms with van der Waals surface area (Å²) in [6, 6.07) is 17.1. The lowest BCUT2D eigenvalue weighted by Crippen LogP contribution is -2.26. The summed E-state index contributed by atoms with van der Waals surface area (Å²) in [4.78, 5) is 20.8. The van der Waals surface area contributed by atoms with E-state index >= 15 is 0 Å². The van der Waals surface area contributed by atoms with Crippen LogP contribution in [0.4, 0.5) is 11.6 Å². The first kappa shape index (κ1) is 22.6. The average Bonchev–Trinajstić information content (AvgIpc) is 2.84. The highest BCUT2D eigenvalue weighted by atomic mass is 32.2. The van der Waals surface area contributed by atoms with Gasteiger partial charge in [0.05, 0.1) is 24.5 Å². The van der Waals surface area contributed by atoms with E-state index in [0.717, 1.165) is 29.0 Å². The zero-order valence-corrected chi connectivity index (χ0v) is 18.9. The number of rotatable bonds is 7. The summed E-state index contributed by atoms with van der Waals surface area (Å²) >= 11 is 1.26. The van der Waals surface area contributed by atoms with Gasteiger partial charge in [0.15, 0.2) is 0 Å². The van der Waals surface area contributed by atoms with Gasteiger partial charge in [0.1, 0.15) is 17.9 Å². The molecular formula is C24H23N5O3S.